The Balaban J connectivity index is 1.21. The van der Waals surface area contributed by atoms with Gasteiger partial charge in [0, 0.05) is 97.8 Å². The molecule has 2 fully saturated rings. The smallest absolute Gasteiger partial charge is 0.413 e. The average molecular weight is 894 g/mol. The summed E-state index contributed by atoms with van der Waals surface area (Å²) in [5.41, 5.74) is 10.1. The molecule has 0 aliphatic carbocycles. The van der Waals surface area contributed by atoms with E-state index in [0.717, 1.165) is 76.5 Å². The number of thiazole rings is 1. The fraction of sp³-hybridized carbons (Fsp3) is 0.457. The van der Waals surface area contributed by atoms with Gasteiger partial charge in [-0.05, 0) is 76.1 Å². The third kappa shape index (κ3) is 9.45. The molecule has 0 saturated carbocycles. The van der Waals surface area contributed by atoms with E-state index in [0.29, 0.717) is 37.4 Å². The number of carbonyl (C=O) groups excluding carboxylic acids is 3. The first kappa shape index (κ1) is 44.6. The number of likely N-dealkylation sites (N-methyl/N-ethyl adjacent to an activating group) is 1. The minimum atomic E-state index is -1.14. The molecule has 3 aromatic heterocycles. The average Bonchev–Trinajstić information content (AvgIpc) is 3.89. The third-order valence-corrected chi connectivity index (χ3v) is 13.2. The van der Waals surface area contributed by atoms with Crippen LogP contribution < -0.4 is 20.4 Å². The van der Waals surface area contributed by atoms with Crippen LogP contribution in [0.25, 0.3) is 33.4 Å². The monoisotopic (exact) mass is 893 g/mol. The number of methoxy groups -OCH3 is 1. The van der Waals surface area contributed by atoms with Crippen molar-refractivity contribution in [3.05, 3.63) is 86.5 Å². The normalized spacial score (nSPS) is 20.1. The number of piperazine rings is 1. The Hall–Kier alpha value is -5.95. The van der Waals surface area contributed by atoms with E-state index in [-0.39, 0.29) is 30.6 Å². The maximum Gasteiger partial charge on any atom is 0.413 e. The van der Waals surface area contributed by atoms with Gasteiger partial charge in [-0.2, -0.15) is 0 Å². The van der Waals surface area contributed by atoms with Crippen LogP contribution in [-0.2, 0) is 38.4 Å². The van der Waals surface area contributed by atoms with Gasteiger partial charge in [0.25, 0.3) is 11.6 Å². The van der Waals surface area contributed by atoms with E-state index >= 15 is 0 Å². The van der Waals surface area contributed by atoms with Crippen LogP contribution in [0.5, 0.6) is 5.75 Å². The number of fused-ring (bicyclic) bond motifs is 6. The zero-order valence-electron chi connectivity index (χ0n) is 37.1. The maximum absolute atomic E-state index is 14.2. The molecule has 64 heavy (non-hydrogen) atoms. The van der Waals surface area contributed by atoms with Crippen molar-refractivity contribution >= 4 is 51.6 Å². The first-order valence-corrected chi connectivity index (χ1v) is 22.6. The summed E-state index contributed by atoms with van der Waals surface area (Å²) in [6.45, 7) is 13.2. The van der Waals surface area contributed by atoms with Crippen LogP contribution in [0.4, 0.5) is 16.2 Å². The maximum atomic E-state index is 14.2. The van der Waals surface area contributed by atoms with Gasteiger partial charge >= 0.3 is 12.1 Å². The number of anilines is 1. The minimum Gasteiger partial charge on any atom is -0.464 e. The molecule has 6 heterocycles. The fourth-order valence-corrected chi connectivity index (χ4v) is 9.60. The summed E-state index contributed by atoms with van der Waals surface area (Å²) in [7, 11) is 3.85. The van der Waals surface area contributed by atoms with Gasteiger partial charge in [-0.3, -0.25) is 29.7 Å². The zero-order chi connectivity index (χ0) is 45.3. The number of nitrogens with zero attached hydrogens (tertiary/aromatic N) is 7. The Labute approximate surface area is 375 Å². The third-order valence-electron chi connectivity index (χ3n) is 12.3. The number of esters is 1. The summed E-state index contributed by atoms with van der Waals surface area (Å²) in [5.74, 6) is -0.895. The van der Waals surface area contributed by atoms with E-state index in [1.54, 1.807) is 7.11 Å². The highest BCUT2D eigenvalue weighted by Gasteiger charge is 2.36. The number of cyclic esters (lactones) is 1. The first-order valence-electron chi connectivity index (χ1n) is 21.8. The summed E-state index contributed by atoms with van der Waals surface area (Å²) in [6, 6.07) is 11.7. The van der Waals surface area contributed by atoms with Gasteiger partial charge in [0.15, 0.2) is 0 Å². The van der Waals surface area contributed by atoms with Gasteiger partial charge in [0.1, 0.15) is 17.8 Å². The van der Waals surface area contributed by atoms with E-state index in [1.807, 2.05) is 18.5 Å². The van der Waals surface area contributed by atoms with E-state index in [4.69, 9.17) is 24.2 Å². The Kier molecular flexibility index (Phi) is 13.0. The van der Waals surface area contributed by atoms with Crippen molar-refractivity contribution in [3.8, 4) is 28.3 Å². The second kappa shape index (κ2) is 18.6. The number of aromatic nitrogens is 3. The topological polar surface area (TPSA) is 187 Å². The molecule has 0 spiro atoms. The van der Waals surface area contributed by atoms with Crippen molar-refractivity contribution in [1.29, 1.82) is 0 Å². The van der Waals surface area contributed by atoms with E-state index in [2.05, 4.69) is 77.2 Å². The molecule has 2 aromatic carbocycles. The highest BCUT2D eigenvalue weighted by atomic mass is 32.1. The standard InChI is InChI=1S/C46H55N9O8S/c1-7-53-39-15-10-29-21-33(39)35(42(53)34-22-31(25-47-41(34)28(2)61-6)52-19-17-51(5)18-20-52)24-46(3,4)27-62-44(57)36-9-8-16-54(50-36)43(56)37(23-40-48-38(29)26-64-40)49-45(58)63-32-13-11-30(12-14-32)55(59)60/h10-15,21-22,25-26,28,36-37,50H,7-9,16-20,23-24,27H2,1-6H3,(H,49,58)/t28-,36-,37-/m0/s1. The quantitative estimate of drug-likeness (QED) is 0.0974. The lowest BCUT2D eigenvalue weighted by Gasteiger charge is -2.35. The molecular weight excluding hydrogens is 839 g/mol. The molecule has 3 aliphatic heterocycles. The molecule has 2 N–H and O–H groups in total. The second-order valence-corrected chi connectivity index (χ2v) is 18.5. The van der Waals surface area contributed by atoms with E-state index in [9.17, 15) is 24.5 Å². The minimum absolute atomic E-state index is 0.0291. The van der Waals surface area contributed by atoms with Crippen molar-refractivity contribution in [3.63, 3.8) is 0 Å². The molecule has 338 valence electrons. The summed E-state index contributed by atoms with van der Waals surface area (Å²) in [5, 5.41) is 18.8. The Morgan fingerprint density at radius 3 is 2.59 bits per heavy atom. The van der Waals surface area contributed by atoms with Gasteiger partial charge in [-0.1, -0.05) is 19.9 Å². The van der Waals surface area contributed by atoms with Crippen molar-refractivity contribution < 1.29 is 33.5 Å². The number of pyridine rings is 1. The highest BCUT2D eigenvalue weighted by molar-refractivity contribution is 7.10. The summed E-state index contributed by atoms with van der Waals surface area (Å²) >= 11 is 1.37. The van der Waals surface area contributed by atoms with E-state index < -0.39 is 40.4 Å². The molecule has 6 bridgehead atoms. The summed E-state index contributed by atoms with van der Waals surface area (Å²) in [4.78, 5) is 66.8. The fourth-order valence-electron chi connectivity index (χ4n) is 8.75. The number of hydrazine groups is 1. The van der Waals surface area contributed by atoms with Crippen molar-refractivity contribution in [1.82, 2.24) is 35.2 Å². The SMILES string of the molecule is CCn1c(-c2cc(N3CCN(C)CC3)cnc2[C@H](C)OC)c2c3cc(ccc31)-c1csc(n1)C[C@H](NC(=O)Oc1ccc([N+](=O)[O-])cc1)C(=O)N1CCC[C@H](N1)C(=O)OCC(C)(C)C2. The number of hydrogen-bond acceptors (Lipinski definition) is 14. The number of nitrogens with one attached hydrogen (secondary N) is 2. The molecule has 0 unspecified atom stereocenters. The summed E-state index contributed by atoms with van der Waals surface area (Å²) in [6.07, 6.45) is 2.31. The van der Waals surface area contributed by atoms with Crippen molar-refractivity contribution in [2.75, 3.05) is 58.4 Å². The van der Waals surface area contributed by atoms with Gasteiger partial charge in [0.2, 0.25) is 0 Å². The number of nitro benzene ring substituents is 1. The molecule has 3 aliphatic rings. The van der Waals surface area contributed by atoms with Crippen LogP contribution in [0.1, 0.15) is 62.9 Å². The molecule has 8 rings (SSSR count). The molecule has 2 amide bonds. The largest absolute Gasteiger partial charge is 0.464 e. The molecule has 5 aromatic rings. The first-order chi connectivity index (χ1) is 30.7. The number of non-ortho nitro benzene ring substituents is 1. The van der Waals surface area contributed by atoms with Crippen LogP contribution in [0.2, 0.25) is 0 Å². The number of carbonyl (C=O) groups is 3. The van der Waals surface area contributed by atoms with Crippen LogP contribution in [0.3, 0.4) is 0 Å². The van der Waals surface area contributed by atoms with Gasteiger partial charge in [0.05, 0.1) is 51.6 Å². The molecule has 17 nitrogen and oxygen atoms in total. The van der Waals surface area contributed by atoms with Crippen molar-refractivity contribution in [2.45, 2.75) is 78.1 Å². The Bertz CT molecular complexity index is 2550. The van der Waals surface area contributed by atoms with E-state index in [1.165, 1.54) is 40.6 Å². The molecule has 18 heteroatoms. The number of hydrogen-bond donors (Lipinski definition) is 2. The number of benzene rings is 2. The van der Waals surface area contributed by atoms with Gasteiger partial charge in [-0.15, -0.1) is 11.3 Å². The second-order valence-electron chi connectivity index (χ2n) is 17.5. The number of aryl methyl sites for hydroxylation is 1. The predicted octanol–water partition coefficient (Wildman–Crippen LogP) is 6.53. The lowest BCUT2D eigenvalue weighted by Crippen LogP contribution is -2.60. The van der Waals surface area contributed by atoms with Crippen LogP contribution in [-0.4, -0.2) is 113 Å². The molecule has 3 atom stereocenters. The molecule has 0 radical (unpaired) electrons. The molecular formula is C46H55N9O8S. The Morgan fingerprint density at radius 2 is 1.88 bits per heavy atom. The number of rotatable bonds is 8. The molecule has 2 saturated heterocycles. The van der Waals surface area contributed by atoms with Crippen LogP contribution >= 0.6 is 11.3 Å². The number of nitro groups is 1. The lowest BCUT2D eigenvalue weighted by atomic mass is 9.84. The highest BCUT2D eigenvalue weighted by Crippen LogP contribution is 2.43. The number of amides is 2. The number of ether oxygens (including phenoxy) is 3. The van der Waals surface area contributed by atoms with Gasteiger partial charge < -0.3 is 33.9 Å². The van der Waals surface area contributed by atoms with Crippen LogP contribution in [0, 0.1) is 15.5 Å². The van der Waals surface area contributed by atoms with Crippen LogP contribution in [0.15, 0.2) is 60.1 Å². The zero-order valence-corrected chi connectivity index (χ0v) is 37.9. The van der Waals surface area contributed by atoms with Gasteiger partial charge in [-0.25, -0.2) is 15.2 Å². The predicted molar refractivity (Wildman–Crippen MR) is 243 cm³/mol. The Morgan fingerprint density at radius 1 is 1.11 bits per heavy atom. The lowest BCUT2D eigenvalue weighted by molar-refractivity contribution is -0.384. The summed E-state index contributed by atoms with van der Waals surface area (Å²) < 4.78 is 19.9. The van der Waals surface area contributed by atoms with Crippen molar-refractivity contribution in [2.24, 2.45) is 5.41 Å².